The van der Waals surface area contributed by atoms with Gasteiger partial charge in [0.2, 0.25) is 0 Å². The number of carbonyl (C=O) groups excluding carboxylic acids is 1. The number of benzene rings is 1. The van der Waals surface area contributed by atoms with Gasteiger partial charge in [-0.15, -0.1) is 0 Å². The Balaban J connectivity index is 1.70. The average molecular weight is 309 g/mol. The molecular formula is C15H19NO6. The van der Waals surface area contributed by atoms with Crippen LogP contribution in [0.5, 0.6) is 0 Å². The zero-order chi connectivity index (χ0) is 15.7. The first-order valence-corrected chi connectivity index (χ1v) is 7.13. The molecule has 22 heavy (non-hydrogen) atoms. The summed E-state index contributed by atoms with van der Waals surface area (Å²) in [6.07, 6.45) is -2.87. The Kier molecular flexibility index (Phi) is 4.30. The zero-order valence-electron chi connectivity index (χ0n) is 12.2. The van der Waals surface area contributed by atoms with Gasteiger partial charge >= 0.3 is 6.09 Å². The van der Waals surface area contributed by atoms with Gasteiger partial charge in [-0.3, -0.25) is 4.90 Å². The standard InChI is InChI=1S/C15H19NO6/c1-20-14-11-12(18)13(22-14)10(7-17)16(11)15(19)21-8-9-5-3-2-4-6-9/h2-6,10-14,17-18H,7-8H2,1H3. The highest BCUT2D eigenvalue weighted by Crippen LogP contribution is 2.38. The van der Waals surface area contributed by atoms with Gasteiger partial charge < -0.3 is 24.4 Å². The molecule has 0 aromatic heterocycles. The normalized spacial score (nSPS) is 33.2. The van der Waals surface area contributed by atoms with Crippen LogP contribution in [0.1, 0.15) is 5.56 Å². The van der Waals surface area contributed by atoms with Crippen LogP contribution in [-0.2, 0) is 20.8 Å². The summed E-state index contributed by atoms with van der Waals surface area (Å²) >= 11 is 0. The highest BCUT2D eigenvalue weighted by Gasteiger charge is 2.61. The molecule has 5 unspecified atom stereocenters. The SMILES string of the molecule is COC1OC2C(O)C1N(C(=O)OCc1ccccc1)C2CO. The topological polar surface area (TPSA) is 88.5 Å². The van der Waals surface area contributed by atoms with Crippen LogP contribution in [0.25, 0.3) is 0 Å². The Hall–Kier alpha value is -1.67. The van der Waals surface area contributed by atoms with Gasteiger partial charge in [0.15, 0.2) is 6.29 Å². The molecule has 7 nitrogen and oxygen atoms in total. The van der Waals surface area contributed by atoms with Crippen LogP contribution in [0.2, 0.25) is 0 Å². The predicted molar refractivity (Wildman–Crippen MR) is 74.8 cm³/mol. The number of hydrogen-bond donors (Lipinski definition) is 2. The summed E-state index contributed by atoms with van der Waals surface area (Å²) in [4.78, 5) is 13.7. The minimum absolute atomic E-state index is 0.125. The van der Waals surface area contributed by atoms with Crippen molar-refractivity contribution in [2.75, 3.05) is 13.7 Å². The monoisotopic (exact) mass is 309 g/mol. The maximum Gasteiger partial charge on any atom is 0.411 e. The minimum Gasteiger partial charge on any atom is -0.445 e. The van der Waals surface area contributed by atoms with Crippen molar-refractivity contribution >= 4 is 6.09 Å². The molecule has 0 spiro atoms. The minimum atomic E-state index is -0.897. The molecule has 2 N–H and O–H groups in total. The molecule has 2 bridgehead atoms. The fraction of sp³-hybridized carbons (Fsp3) is 0.533. The molecule has 5 atom stereocenters. The second-order valence-electron chi connectivity index (χ2n) is 5.38. The third-order valence-corrected chi connectivity index (χ3v) is 4.15. The second kappa shape index (κ2) is 6.21. The van der Waals surface area contributed by atoms with Gasteiger partial charge in [-0.05, 0) is 5.56 Å². The molecule has 2 saturated heterocycles. The van der Waals surface area contributed by atoms with Crippen LogP contribution in [0.3, 0.4) is 0 Å². The lowest BCUT2D eigenvalue weighted by Gasteiger charge is -2.36. The highest BCUT2D eigenvalue weighted by molar-refractivity contribution is 5.70. The average Bonchev–Trinajstić information content (AvgIpc) is 3.02. The van der Waals surface area contributed by atoms with Crippen molar-refractivity contribution in [1.82, 2.24) is 4.90 Å². The van der Waals surface area contributed by atoms with E-state index in [1.54, 1.807) is 0 Å². The lowest BCUT2D eigenvalue weighted by atomic mass is 10.1. The van der Waals surface area contributed by atoms with E-state index in [1.807, 2.05) is 30.3 Å². The third kappa shape index (κ3) is 2.46. The number of rotatable bonds is 4. The first-order chi connectivity index (χ1) is 10.7. The lowest BCUT2D eigenvalue weighted by Crippen LogP contribution is -2.54. The van der Waals surface area contributed by atoms with Gasteiger partial charge in [-0.1, -0.05) is 30.3 Å². The Labute approximate surface area is 128 Å². The fourth-order valence-electron chi connectivity index (χ4n) is 3.10. The number of hydrogen-bond acceptors (Lipinski definition) is 6. The maximum absolute atomic E-state index is 12.4. The molecule has 3 rings (SSSR count). The molecule has 1 aromatic carbocycles. The van der Waals surface area contributed by atoms with E-state index in [9.17, 15) is 15.0 Å². The third-order valence-electron chi connectivity index (χ3n) is 4.15. The maximum atomic E-state index is 12.4. The van der Waals surface area contributed by atoms with Crippen molar-refractivity contribution < 1.29 is 29.2 Å². The van der Waals surface area contributed by atoms with Crippen LogP contribution in [0, 0.1) is 0 Å². The molecule has 0 aliphatic carbocycles. The van der Waals surface area contributed by atoms with Crippen molar-refractivity contribution in [2.24, 2.45) is 0 Å². The highest BCUT2D eigenvalue weighted by atomic mass is 16.7. The van der Waals surface area contributed by atoms with E-state index in [0.29, 0.717) is 0 Å². The summed E-state index contributed by atoms with van der Waals surface area (Å²) in [5.41, 5.74) is 0.862. The molecule has 0 saturated carbocycles. The van der Waals surface area contributed by atoms with Crippen molar-refractivity contribution in [3.63, 3.8) is 0 Å². The van der Waals surface area contributed by atoms with Crippen LogP contribution >= 0.6 is 0 Å². The Morgan fingerprint density at radius 1 is 1.36 bits per heavy atom. The lowest BCUT2D eigenvalue weighted by molar-refractivity contribution is -0.183. The number of fused-ring (bicyclic) bond motifs is 2. The van der Waals surface area contributed by atoms with Gasteiger partial charge in [0.1, 0.15) is 24.9 Å². The molecule has 1 amide bonds. The molecule has 7 heteroatoms. The zero-order valence-corrected chi connectivity index (χ0v) is 12.2. The van der Waals surface area contributed by atoms with Gasteiger partial charge in [0.05, 0.1) is 12.6 Å². The van der Waals surface area contributed by atoms with E-state index in [2.05, 4.69) is 0 Å². The van der Waals surface area contributed by atoms with Gasteiger partial charge in [0.25, 0.3) is 0 Å². The van der Waals surface area contributed by atoms with Crippen molar-refractivity contribution in [2.45, 2.75) is 37.2 Å². The number of aliphatic hydroxyl groups excluding tert-OH is 2. The first kappa shape index (κ1) is 15.2. The van der Waals surface area contributed by atoms with E-state index in [-0.39, 0.29) is 13.2 Å². The smallest absolute Gasteiger partial charge is 0.411 e. The number of ether oxygens (including phenoxy) is 3. The Morgan fingerprint density at radius 3 is 2.73 bits per heavy atom. The second-order valence-corrected chi connectivity index (χ2v) is 5.38. The number of likely N-dealkylation sites (tertiary alicyclic amines) is 1. The molecule has 0 radical (unpaired) electrons. The van der Waals surface area contributed by atoms with Crippen molar-refractivity contribution in [3.05, 3.63) is 35.9 Å². The van der Waals surface area contributed by atoms with E-state index in [1.165, 1.54) is 12.0 Å². The molecular weight excluding hydrogens is 290 g/mol. The molecule has 2 heterocycles. The predicted octanol–water partition coefficient (Wildman–Crippen LogP) is 0.100. The van der Waals surface area contributed by atoms with Crippen LogP contribution in [-0.4, -0.2) is 65.5 Å². The van der Waals surface area contributed by atoms with E-state index < -0.39 is 36.7 Å². The van der Waals surface area contributed by atoms with Gasteiger partial charge in [0, 0.05) is 7.11 Å². The molecule has 2 aliphatic heterocycles. The number of aliphatic hydroxyl groups is 2. The Bertz CT molecular complexity index is 524. The summed E-state index contributed by atoms with van der Waals surface area (Å²) in [5.74, 6) is 0. The molecule has 1 aromatic rings. The number of methoxy groups -OCH3 is 1. The summed E-state index contributed by atoms with van der Waals surface area (Å²) in [6.45, 7) is -0.185. The summed E-state index contributed by atoms with van der Waals surface area (Å²) < 4.78 is 15.9. The molecule has 120 valence electrons. The number of morpholine rings is 1. The van der Waals surface area contributed by atoms with Gasteiger partial charge in [-0.25, -0.2) is 4.79 Å². The largest absolute Gasteiger partial charge is 0.445 e. The number of nitrogens with zero attached hydrogens (tertiary/aromatic N) is 1. The van der Waals surface area contributed by atoms with Gasteiger partial charge in [-0.2, -0.15) is 0 Å². The fourth-order valence-corrected chi connectivity index (χ4v) is 3.10. The quantitative estimate of drug-likeness (QED) is 0.820. The summed E-state index contributed by atoms with van der Waals surface area (Å²) in [6, 6.07) is 7.99. The molecule has 2 fully saturated rings. The van der Waals surface area contributed by atoms with Crippen LogP contribution < -0.4 is 0 Å². The van der Waals surface area contributed by atoms with Crippen molar-refractivity contribution in [1.29, 1.82) is 0 Å². The van der Waals surface area contributed by atoms with E-state index >= 15 is 0 Å². The van der Waals surface area contributed by atoms with E-state index in [0.717, 1.165) is 5.56 Å². The van der Waals surface area contributed by atoms with Crippen LogP contribution in [0.4, 0.5) is 4.79 Å². The number of carbonyl (C=O) groups is 1. The summed E-state index contributed by atoms with van der Waals surface area (Å²) in [5, 5.41) is 19.7. The van der Waals surface area contributed by atoms with Crippen molar-refractivity contribution in [3.8, 4) is 0 Å². The summed E-state index contributed by atoms with van der Waals surface area (Å²) in [7, 11) is 1.44. The Morgan fingerprint density at radius 2 is 2.09 bits per heavy atom. The first-order valence-electron chi connectivity index (χ1n) is 7.13. The molecule has 2 aliphatic rings. The van der Waals surface area contributed by atoms with Crippen LogP contribution in [0.15, 0.2) is 30.3 Å². The number of amides is 1. The van der Waals surface area contributed by atoms with E-state index in [4.69, 9.17) is 14.2 Å².